The number of fused-ring (bicyclic) bond motifs is 5. The highest BCUT2D eigenvalue weighted by molar-refractivity contribution is 5.80. The number of ketones is 1. The minimum atomic E-state index is -0.343. The summed E-state index contributed by atoms with van der Waals surface area (Å²) in [4.78, 5) is 12.2. The van der Waals surface area contributed by atoms with Crippen molar-refractivity contribution in [2.75, 3.05) is 0 Å². The van der Waals surface area contributed by atoms with Crippen molar-refractivity contribution >= 4 is 5.78 Å². The lowest BCUT2D eigenvalue weighted by molar-refractivity contribution is -0.207. The first-order chi connectivity index (χ1) is 14.5. The summed E-state index contributed by atoms with van der Waals surface area (Å²) < 4.78 is 0. The molecule has 4 aliphatic carbocycles. The van der Waals surface area contributed by atoms with E-state index in [1.165, 1.54) is 0 Å². The Balaban J connectivity index is 1.56. The summed E-state index contributed by atoms with van der Waals surface area (Å²) in [6.07, 6.45) is 7.11. The first kappa shape index (κ1) is 23.7. The van der Waals surface area contributed by atoms with Crippen molar-refractivity contribution in [1.82, 2.24) is 0 Å². The van der Waals surface area contributed by atoms with Gasteiger partial charge >= 0.3 is 0 Å². The van der Waals surface area contributed by atoms with Crippen LogP contribution in [0.5, 0.6) is 0 Å². The van der Waals surface area contributed by atoms with E-state index in [4.69, 9.17) is 0 Å². The molecule has 4 aliphatic rings. The molecule has 0 bridgehead atoms. The van der Waals surface area contributed by atoms with Crippen LogP contribution in [0, 0.1) is 52.3 Å². The van der Waals surface area contributed by atoms with Crippen LogP contribution < -0.4 is 0 Å². The van der Waals surface area contributed by atoms with Crippen LogP contribution in [-0.4, -0.2) is 39.4 Å². The van der Waals surface area contributed by atoms with Crippen molar-refractivity contribution in [3.05, 3.63) is 0 Å². The number of carbonyl (C=O) groups excluding carboxylic acids is 1. The quantitative estimate of drug-likeness (QED) is 0.591. The van der Waals surface area contributed by atoms with Gasteiger partial charge in [0.25, 0.3) is 0 Å². The van der Waals surface area contributed by atoms with Gasteiger partial charge in [-0.2, -0.15) is 0 Å². The highest BCUT2D eigenvalue weighted by Crippen LogP contribution is 2.68. The molecule has 11 atom stereocenters. The molecule has 4 rings (SSSR count). The number of Topliss-reactive ketones (excluding diaryl/α,β-unsaturated/α-hetero) is 1. The predicted octanol–water partition coefficient (Wildman–Crippen LogP) is 4.59. The first-order valence-corrected chi connectivity index (χ1v) is 13.1. The van der Waals surface area contributed by atoms with Gasteiger partial charge in [0, 0.05) is 12.3 Å². The van der Waals surface area contributed by atoms with Gasteiger partial charge in [-0.25, -0.2) is 0 Å². The minimum absolute atomic E-state index is 0.0974. The molecule has 0 spiro atoms. The van der Waals surface area contributed by atoms with E-state index in [2.05, 4.69) is 20.8 Å². The molecule has 0 amide bonds. The van der Waals surface area contributed by atoms with Gasteiger partial charge in [-0.1, -0.05) is 34.6 Å². The Kier molecular flexibility index (Phi) is 6.42. The lowest BCUT2D eigenvalue weighted by atomic mass is 9.43. The van der Waals surface area contributed by atoms with Gasteiger partial charge in [0.05, 0.1) is 18.3 Å². The van der Waals surface area contributed by atoms with Gasteiger partial charge in [-0.15, -0.1) is 0 Å². The highest BCUT2D eigenvalue weighted by Gasteiger charge is 2.65. The molecule has 3 N–H and O–H groups in total. The summed E-state index contributed by atoms with van der Waals surface area (Å²) in [6, 6.07) is 0. The van der Waals surface area contributed by atoms with Gasteiger partial charge in [0.1, 0.15) is 5.78 Å². The molecule has 0 aliphatic heterocycles. The molecular weight excluding hydrogens is 388 g/mol. The summed E-state index contributed by atoms with van der Waals surface area (Å²) in [5.74, 6) is 2.60. The zero-order valence-corrected chi connectivity index (χ0v) is 20.4. The number of hydrogen-bond donors (Lipinski definition) is 3. The van der Waals surface area contributed by atoms with Crippen LogP contribution in [0.3, 0.4) is 0 Å². The summed E-state index contributed by atoms with van der Waals surface area (Å²) in [7, 11) is 0. The molecule has 4 saturated carbocycles. The van der Waals surface area contributed by atoms with Crippen molar-refractivity contribution in [2.24, 2.45) is 52.3 Å². The van der Waals surface area contributed by atoms with Crippen molar-refractivity contribution in [3.63, 3.8) is 0 Å². The lowest BCUT2D eigenvalue weighted by Crippen LogP contribution is -2.62. The molecule has 4 nitrogen and oxygen atoms in total. The van der Waals surface area contributed by atoms with Crippen molar-refractivity contribution in [3.8, 4) is 0 Å². The second-order valence-electron chi connectivity index (χ2n) is 12.7. The van der Waals surface area contributed by atoms with Gasteiger partial charge in [-0.3, -0.25) is 4.79 Å². The fraction of sp³-hybridized carbons (Fsp3) is 0.963. The van der Waals surface area contributed by atoms with Crippen molar-refractivity contribution < 1.29 is 20.1 Å². The molecule has 0 radical (unpaired) electrons. The lowest BCUT2D eigenvalue weighted by Gasteiger charge is -2.63. The van der Waals surface area contributed by atoms with E-state index in [0.29, 0.717) is 41.8 Å². The summed E-state index contributed by atoms with van der Waals surface area (Å²) >= 11 is 0. The fourth-order valence-corrected chi connectivity index (χ4v) is 8.99. The Hall–Kier alpha value is -0.450. The Morgan fingerprint density at radius 2 is 1.68 bits per heavy atom. The van der Waals surface area contributed by atoms with Crippen LogP contribution in [-0.2, 0) is 4.79 Å². The normalized spacial score (nSPS) is 50.5. The zero-order chi connectivity index (χ0) is 22.7. The maximum atomic E-state index is 12.2. The standard InChI is InChI=1S/C27H46O4/c1-15(2)22(29)9-6-16(3)19-7-8-20-25-21(14-24(31)27(19,20)5)26(4)11-10-18(28)12-17(26)13-23(25)30/h15-21,23-25,28,30-31H,6-14H2,1-5H3. The van der Waals surface area contributed by atoms with E-state index in [-0.39, 0.29) is 41.0 Å². The summed E-state index contributed by atoms with van der Waals surface area (Å²) in [5.41, 5.74) is -0.0430. The Morgan fingerprint density at radius 3 is 2.35 bits per heavy atom. The van der Waals surface area contributed by atoms with Crippen LogP contribution in [0.25, 0.3) is 0 Å². The number of aliphatic hydroxyl groups excluding tert-OH is 3. The molecule has 178 valence electrons. The second kappa shape index (κ2) is 8.40. The van der Waals surface area contributed by atoms with E-state index in [1.54, 1.807) is 0 Å². The summed E-state index contributed by atoms with van der Waals surface area (Å²) in [6.45, 7) is 10.9. The number of aliphatic hydroxyl groups is 3. The van der Waals surface area contributed by atoms with Gasteiger partial charge in [-0.05, 0) is 97.7 Å². The molecule has 0 aromatic rings. The summed E-state index contributed by atoms with van der Waals surface area (Å²) in [5, 5.41) is 33.2. The molecule has 4 heteroatoms. The van der Waals surface area contributed by atoms with E-state index < -0.39 is 0 Å². The maximum Gasteiger partial charge on any atom is 0.135 e. The third kappa shape index (κ3) is 3.73. The van der Waals surface area contributed by atoms with Crippen LogP contribution in [0.4, 0.5) is 0 Å². The molecular formula is C27H46O4. The van der Waals surface area contributed by atoms with Crippen molar-refractivity contribution in [1.29, 1.82) is 0 Å². The monoisotopic (exact) mass is 434 g/mol. The van der Waals surface area contributed by atoms with Crippen LogP contribution in [0.2, 0.25) is 0 Å². The van der Waals surface area contributed by atoms with Crippen molar-refractivity contribution in [2.45, 2.75) is 111 Å². The third-order valence-electron chi connectivity index (χ3n) is 11.0. The van der Waals surface area contributed by atoms with Gasteiger partial charge in [0.2, 0.25) is 0 Å². The van der Waals surface area contributed by atoms with E-state index in [1.807, 2.05) is 13.8 Å². The average molecular weight is 435 g/mol. The number of carbonyl (C=O) groups is 1. The third-order valence-corrected chi connectivity index (χ3v) is 11.0. The maximum absolute atomic E-state index is 12.2. The minimum Gasteiger partial charge on any atom is -0.393 e. The van der Waals surface area contributed by atoms with E-state index >= 15 is 0 Å². The molecule has 0 aromatic carbocycles. The second-order valence-corrected chi connectivity index (χ2v) is 12.7. The predicted molar refractivity (Wildman–Crippen MR) is 122 cm³/mol. The first-order valence-electron chi connectivity index (χ1n) is 13.1. The smallest absolute Gasteiger partial charge is 0.135 e. The Labute approximate surface area is 189 Å². The topological polar surface area (TPSA) is 77.8 Å². The van der Waals surface area contributed by atoms with E-state index in [9.17, 15) is 20.1 Å². The van der Waals surface area contributed by atoms with Crippen LogP contribution >= 0.6 is 0 Å². The molecule has 0 saturated heterocycles. The van der Waals surface area contributed by atoms with Gasteiger partial charge in [0.15, 0.2) is 0 Å². The fourth-order valence-electron chi connectivity index (χ4n) is 8.99. The molecule has 0 aromatic heterocycles. The highest BCUT2D eigenvalue weighted by atomic mass is 16.3. The molecule has 31 heavy (non-hydrogen) atoms. The van der Waals surface area contributed by atoms with Crippen LogP contribution in [0.15, 0.2) is 0 Å². The number of rotatable bonds is 5. The molecule has 11 unspecified atom stereocenters. The zero-order valence-electron chi connectivity index (χ0n) is 20.4. The van der Waals surface area contributed by atoms with Gasteiger partial charge < -0.3 is 15.3 Å². The molecule has 4 fully saturated rings. The average Bonchev–Trinajstić information content (AvgIpc) is 3.06. The Bertz CT molecular complexity index is 676. The largest absolute Gasteiger partial charge is 0.393 e. The Morgan fingerprint density at radius 1 is 0.968 bits per heavy atom. The SMILES string of the molecule is CC(C)C(=O)CCC(C)C1CCC2C3C(O)CC4CC(O)CCC4(C)C3CC(O)C12C. The van der Waals surface area contributed by atoms with Crippen LogP contribution in [0.1, 0.15) is 92.4 Å². The van der Waals surface area contributed by atoms with E-state index in [0.717, 1.165) is 51.4 Å². The molecule has 0 heterocycles. The number of hydrogen-bond acceptors (Lipinski definition) is 4.